The molecule has 2 heterocycles. The van der Waals surface area contributed by atoms with E-state index in [2.05, 4.69) is 10.6 Å². The first-order valence-electron chi connectivity index (χ1n) is 8.11. The Balaban J connectivity index is 0.00000243. The summed E-state index contributed by atoms with van der Waals surface area (Å²) >= 11 is 1.15. The number of amides is 1. The number of likely N-dealkylation sites (N-methyl/N-ethyl adjacent to an activating group) is 1. The molecule has 0 fully saturated rings. The summed E-state index contributed by atoms with van der Waals surface area (Å²) < 4.78 is 27.6. The van der Waals surface area contributed by atoms with Crippen molar-refractivity contribution in [1.82, 2.24) is 14.9 Å². The minimum absolute atomic E-state index is 0. The summed E-state index contributed by atoms with van der Waals surface area (Å²) in [4.78, 5) is 12.7. The number of carbonyl (C=O) groups excluding carboxylic acids is 1. The molecular weight excluding hydrogens is 394 g/mol. The Bertz CT molecular complexity index is 868. The Labute approximate surface area is 164 Å². The summed E-state index contributed by atoms with van der Waals surface area (Å²) in [6.07, 6.45) is 0.684. The van der Waals surface area contributed by atoms with Crippen molar-refractivity contribution in [2.75, 3.05) is 26.7 Å². The standard InChI is InChI=1S/C17H21N3O3S2.ClH/c1-18-8-9-19-17(21)16-15(7-11-24-16)25(22,23)20-10-6-13-4-2-3-5-14(13)12-20;/h2-5,7,11,18H,6,8-10,12H2,1H3,(H,19,21);1H. The lowest BCUT2D eigenvalue weighted by Crippen LogP contribution is -2.37. The molecule has 142 valence electrons. The molecule has 0 spiro atoms. The van der Waals surface area contributed by atoms with Gasteiger partial charge in [-0.25, -0.2) is 8.42 Å². The smallest absolute Gasteiger partial charge is 0.262 e. The number of rotatable bonds is 6. The van der Waals surface area contributed by atoms with Crippen LogP contribution in [0.25, 0.3) is 0 Å². The first-order chi connectivity index (χ1) is 12.0. The highest BCUT2D eigenvalue weighted by molar-refractivity contribution is 7.89. The number of fused-ring (bicyclic) bond motifs is 1. The van der Waals surface area contributed by atoms with Crippen molar-refractivity contribution in [3.63, 3.8) is 0 Å². The summed E-state index contributed by atoms with van der Waals surface area (Å²) in [5, 5.41) is 7.33. The van der Waals surface area contributed by atoms with E-state index in [-0.39, 0.29) is 28.1 Å². The second-order valence-corrected chi connectivity index (χ2v) is 8.65. The third-order valence-corrected chi connectivity index (χ3v) is 7.14. The van der Waals surface area contributed by atoms with Crippen LogP contribution in [0.2, 0.25) is 0 Å². The topological polar surface area (TPSA) is 78.5 Å². The number of benzene rings is 1. The average molecular weight is 416 g/mol. The lowest BCUT2D eigenvalue weighted by Gasteiger charge is -2.28. The van der Waals surface area contributed by atoms with Crippen LogP contribution in [0.5, 0.6) is 0 Å². The molecule has 0 saturated carbocycles. The van der Waals surface area contributed by atoms with Gasteiger partial charge in [0.15, 0.2) is 0 Å². The maximum absolute atomic E-state index is 13.1. The number of thiophene rings is 1. The molecule has 0 atom stereocenters. The van der Waals surface area contributed by atoms with E-state index in [9.17, 15) is 13.2 Å². The molecule has 6 nitrogen and oxygen atoms in total. The number of sulfonamides is 1. The van der Waals surface area contributed by atoms with Crippen LogP contribution in [0.1, 0.15) is 20.8 Å². The summed E-state index contributed by atoms with van der Waals surface area (Å²) in [5.74, 6) is -0.346. The monoisotopic (exact) mass is 415 g/mol. The van der Waals surface area contributed by atoms with Crippen LogP contribution in [0.3, 0.4) is 0 Å². The molecule has 1 aromatic heterocycles. The van der Waals surface area contributed by atoms with Crippen molar-refractivity contribution in [2.45, 2.75) is 17.9 Å². The summed E-state index contributed by atoms with van der Waals surface area (Å²) in [7, 11) is -1.91. The van der Waals surface area contributed by atoms with Crippen molar-refractivity contribution in [3.05, 3.63) is 51.7 Å². The Morgan fingerprint density at radius 1 is 1.19 bits per heavy atom. The molecular formula is C17H22ClN3O3S2. The van der Waals surface area contributed by atoms with E-state index in [4.69, 9.17) is 0 Å². The largest absolute Gasteiger partial charge is 0.350 e. The first kappa shape index (κ1) is 20.9. The molecule has 2 N–H and O–H groups in total. The lowest BCUT2D eigenvalue weighted by atomic mass is 10.0. The van der Waals surface area contributed by atoms with Gasteiger partial charge >= 0.3 is 0 Å². The van der Waals surface area contributed by atoms with Gasteiger partial charge in [0, 0.05) is 26.2 Å². The number of hydrogen-bond donors (Lipinski definition) is 2. The molecule has 2 aromatic rings. The van der Waals surface area contributed by atoms with E-state index in [0.717, 1.165) is 16.9 Å². The van der Waals surface area contributed by atoms with Crippen LogP contribution in [0.4, 0.5) is 0 Å². The highest BCUT2D eigenvalue weighted by atomic mass is 35.5. The fourth-order valence-corrected chi connectivity index (χ4v) is 5.60. The quantitative estimate of drug-likeness (QED) is 0.706. The third kappa shape index (κ3) is 4.27. The zero-order valence-corrected chi connectivity index (χ0v) is 16.8. The normalized spacial score (nSPS) is 14.3. The zero-order chi connectivity index (χ0) is 17.9. The van der Waals surface area contributed by atoms with Gasteiger partial charge in [-0.3, -0.25) is 4.79 Å². The molecule has 9 heteroatoms. The molecule has 0 unspecified atom stereocenters. The highest BCUT2D eigenvalue weighted by Crippen LogP contribution is 2.29. The number of carbonyl (C=O) groups is 1. The Morgan fingerprint density at radius 3 is 2.65 bits per heavy atom. The Morgan fingerprint density at radius 2 is 1.92 bits per heavy atom. The molecule has 0 radical (unpaired) electrons. The molecule has 1 aliphatic heterocycles. The van der Waals surface area contributed by atoms with Crippen molar-refractivity contribution < 1.29 is 13.2 Å². The molecule has 1 aromatic carbocycles. The molecule has 1 aliphatic rings. The van der Waals surface area contributed by atoms with Crippen molar-refractivity contribution in [1.29, 1.82) is 0 Å². The maximum atomic E-state index is 13.1. The van der Waals surface area contributed by atoms with Gasteiger partial charge in [-0.15, -0.1) is 23.7 Å². The highest BCUT2D eigenvalue weighted by Gasteiger charge is 2.32. The predicted octanol–water partition coefficient (Wildman–Crippen LogP) is 1.87. The van der Waals surface area contributed by atoms with E-state index in [1.54, 1.807) is 12.4 Å². The van der Waals surface area contributed by atoms with E-state index in [0.29, 0.717) is 32.6 Å². The number of hydrogen-bond acceptors (Lipinski definition) is 5. The van der Waals surface area contributed by atoms with E-state index in [1.807, 2.05) is 24.3 Å². The van der Waals surface area contributed by atoms with Gasteiger partial charge in [0.2, 0.25) is 10.0 Å². The zero-order valence-electron chi connectivity index (χ0n) is 14.4. The summed E-state index contributed by atoms with van der Waals surface area (Å²) in [6.45, 7) is 1.84. The van der Waals surface area contributed by atoms with E-state index in [1.165, 1.54) is 15.9 Å². The van der Waals surface area contributed by atoms with Gasteiger partial charge in [0.05, 0.1) is 0 Å². The van der Waals surface area contributed by atoms with Gasteiger partial charge in [0.25, 0.3) is 5.91 Å². The minimum atomic E-state index is -3.70. The second kappa shape index (κ2) is 8.96. The average Bonchev–Trinajstić information content (AvgIpc) is 3.12. The van der Waals surface area contributed by atoms with Crippen LogP contribution in [0, 0.1) is 0 Å². The number of nitrogens with zero attached hydrogens (tertiary/aromatic N) is 1. The lowest BCUT2D eigenvalue weighted by molar-refractivity contribution is 0.0955. The number of halogens is 1. The van der Waals surface area contributed by atoms with Gasteiger partial charge < -0.3 is 10.6 Å². The molecule has 0 aliphatic carbocycles. The third-order valence-electron chi connectivity index (χ3n) is 4.21. The number of nitrogens with one attached hydrogen (secondary N) is 2. The summed E-state index contributed by atoms with van der Waals surface area (Å²) in [6, 6.07) is 9.39. The fraction of sp³-hybridized carbons (Fsp3) is 0.353. The van der Waals surface area contributed by atoms with Crippen LogP contribution in [-0.2, 0) is 23.0 Å². The fourth-order valence-electron chi connectivity index (χ4n) is 2.86. The molecule has 26 heavy (non-hydrogen) atoms. The molecule has 3 rings (SSSR count). The van der Waals surface area contributed by atoms with Gasteiger partial charge in [-0.05, 0) is 36.0 Å². The van der Waals surface area contributed by atoms with Crippen LogP contribution >= 0.6 is 23.7 Å². The first-order valence-corrected chi connectivity index (χ1v) is 10.4. The maximum Gasteiger partial charge on any atom is 0.262 e. The Hall–Kier alpha value is -1.45. The molecule has 0 bridgehead atoms. The molecule has 1 amide bonds. The van der Waals surface area contributed by atoms with E-state index < -0.39 is 10.0 Å². The van der Waals surface area contributed by atoms with Crippen molar-refractivity contribution >= 4 is 39.7 Å². The van der Waals surface area contributed by atoms with Gasteiger partial charge in [0.1, 0.15) is 9.77 Å². The van der Waals surface area contributed by atoms with Crippen molar-refractivity contribution in [2.24, 2.45) is 0 Å². The van der Waals surface area contributed by atoms with Gasteiger partial charge in [-0.1, -0.05) is 24.3 Å². The SMILES string of the molecule is CNCCNC(=O)c1sccc1S(=O)(=O)N1CCc2ccccc2C1.Cl. The van der Waals surface area contributed by atoms with Crippen molar-refractivity contribution in [3.8, 4) is 0 Å². The van der Waals surface area contributed by atoms with E-state index >= 15 is 0 Å². The molecule has 0 saturated heterocycles. The van der Waals surface area contributed by atoms with Crippen LogP contribution in [-0.4, -0.2) is 45.3 Å². The van der Waals surface area contributed by atoms with Crippen LogP contribution in [0.15, 0.2) is 40.6 Å². The Kier molecular flexibility index (Phi) is 7.19. The summed E-state index contributed by atoms with van der Waals surface area (Å²) in [5.41, 5.74) is 2.21. The van der Waals surface area contributed by atoms with Crippen LogP contribution < -0.4 is 10.6 Å². The predicted molar refractivity (Wildman–Crippen MR) is 106 cm³/mol. The van der Waals surface area contributed by atoms with Gasteiger partial charge in [-0.2, -0.15) is 4.31 Å². The minimum Gasteiger partial charge on any atom is -0.350 e. The second-order valence-electron chi connectivity index (χ2n) is 5.83.